The van der Waals surface area contributed by atoms with E-state index in [2.05, 4.69) is 16.9 Å². The van der Waals surface area contributed by atoms with Crippen LogP contribution < -0.4 is 0 Å². The highest BCUT2D eigenvalue weighted by atomic mass is 35.5. The van der Waals surface area contributed by atoms with Crippen LogP contribution in [0.25, 0.3) is 10.2 Å². The van der Waals surface area contributed by atoms with Gasteiger partial charge in [-0.2, -0.15) is 0 Å². The van der Waals surface area contributed by atoms with Crippen LogP contribution in [-0.4, -0.2) is 9.97 Å². The molecule has 0 amide bonds. The molecule has 74 valence electrons. The van der Waals surface area contributed by atoms with Crippen molar-refractivity contribution in [3.05, 3.63) is 22.4 Å². The van der Waals surface area contributed by atoms with Crippen LogP contribution in [0.2, 0.25) is 5.15 Å². The fourth-order valence-electron chi connectivity index (χ4n) is 1.32. The average Bonchev–Trinajstić information content (AvgIpc) is 2.63. The van der Waals surface area contributed by atoms with Gasteiger partial charge in [0.05, 0.1) is 10.2 Å². The molecule has 2 heterocycles. The summed E-state index contributed by atoms with van der Waals surface area (Å²) in [6, 6.07) is 1.99. The molecule has 0 aliphatic heterocycles. The molecule has 0 radical (unpaired) electrons. The Morgan fingerprint density at radius 1 is 1.43 bits per heavy atom. The number of thiophene rings is 1. The third kappa shape index (κ3) is 1.88. The summed E-state index contributed by atoms with van der Waals surface area (Å²) in [5.41, 5.74) is 0.973. The van der Waals surface area contributed by atoms with E-state index in [1.807, 2.05) is 11.4 Å². The van der Waals surface area contributed by atoms with E-state index in [9.17, 15) is 0 Å². The Bertz CT molecular complexity index is 439. The first-order valence-corrected chi connectivity index (χ1v) is 5.96. The van der Waals surface area contributed by atoms with Crippen LogP contribution in [0.5, 0.6) is 0 Å². The number of aromatic nitrogens is 2. The lowest BCUT2D eigenvalue weighted by molar-refractivity contribution is 0.757. The Morgan fingerprint density at radius 3 is 3.07 bits per heavy atom. The summed E-state index contributed by atoms with van der Waals surface area (Å²) < 4.78 is 0.993. The van der Waals surface area contributed by atoms with E-state index in [4.69, 9.17) is 11.6 Å². The van der Waals surface area contributed by atoms with E-state index >= 15 is 0 Å². The molecule has 14 heavy (non-hydrogen) atoms. The topological polar surface area (TPSA) is 25.8 Å². The van der Waals surface area contributed by atoms with Crippen LogP contribution in [0.15, 0.2) is 11.4 Å². The smallest absolute Gasteiger partial charge is 0.150 e. The summed E-state index contributed by atoms with van der Waals surface area (Å²) in [4.78, 5) is 8.72. The largest absolute Gasteiger partial charge is 0.232 e. The van der Waals surface area contributed by atoms with Gasteiger partial charge in [-0.05, 0) is 17.9 Å². The second-order valence-corrected chi connectivity index (χ2v) is 4.44. The molecule has 0 atom stereocenters. The maximum Gasteiger partial charge on any atom is 0.150 e. The Balaban J connectivity index is 2.38. The first-order chi connectivity index (χ1) is 6.81. The molecule has 0 aliphatic carbocycles. The number of fused-ring (bicyclic) bond motifs is 1. The highest BCUT2D eigenvalue weighted by Crippen LogP contribution is 2.25. The molecule has 2 rings (SSSR count). The summed E-state index contributed by atoms with van der Waals surface area (Å²) in [6.07, 6.45) is 3.19. The van der Waals surface area contributed by atoms with Crippen LogP contribution in [0.3, 0.4) is 0 Å². The van der Waals surface area contributed by atoms with Gasteiger partial charge in [0.1, 0.15) is 5.82 Å². The predicted molar refractivity (Wildman–Crippen MR) is 61.0 cm³/mol. The van der Waals surface area contributed by atoms with Crippen molar-refractivity contribution >= 4 is 33.2 Å². The lowest BCUT2D eigenvalue weighted by Gasteiger charge is -1.99. The van der Waals surface area contributed by atoms with Gasteiger partial charge in [0, 0.05) is 6.42 Å². The number of rotatable bonds is 3. The summed E-state index contributed by atoms with van der Waals surface area (Å²) >= 11 is 7.63. The van der Waals surface area contributed by atoms with Gasteiger partial charge >= 0.3 is 0 Å². The Kier molecular flexibility index (Phi) is 2.99. The molecule has 0 aliphatic rings. The van der Waals surface area contributed by atoms with Crippen molar-refractivity contribution in [2.24, 2.45) is 0 Å². The molecule has 2 aromatic rings. The molecule has 0 saturated heterocycles. The van der Waals surface area contributed by atoms with Crippen molar-refractivity contribution in [1.82, 2.24) is 9.97 Å². The zero-order valence-electron chi connectivity index (χ0n) is 7.96. The number of hydrogen-bond acceptors (Lipinski definition) is 3. The van der Waals surface area contributed by atoms with Gasteiger partial charge in [-0.25, -0.2) is 9.97 Å². The molecular formula is C10H11ClN2S. The van der Waals surface area contributed by atoms with E-state index in [0.717, 1.165) is 35.3 Å². The van der Waals surface area contributed by atoms with Crippen molar-refractivity contribution in [3.8, 4) is 0 Å². The van der Waals surface area contributed by atoms with Crippen molar-refractivity contribution in [2.45, 2.75) is 26.2 Å². The van der Waals surface area contributed by atoms with Gasteiger partial charge in [0.15, 0.2) is 5.15 Å². The molecule has 2 nitrogen and oxygen atoms in total. The normalized spacial score (nSPS) is 11.0. The molecule has 4 heteroatoms. The number of unbranched alkanes of at least 4 members (excludes halogenated alkanes) is 1. The van der Waals surface area contributed by atoms with Gasteiger partial charge in [0.25, 0.3) is 0 Å². The van der Waals surface area contributed by atoms with Crippen LogP contribution in [0.4, 0.5) is 0 Å². The van der Waals surface area contributed by atoms with Crippen molar-refractivity contribution in [1.29, 1.82) is 0 Å². The Hall–Kier alpha value is -0.670. The van der Waals surface area contributed by atoms with Crippen LogP contribution in [0.1, 0.15) is 25.6 Å². The van der Waals surface area contributed by atoms with E-state index in [0.29, 0.717) is 5.15 Å². The third-order valence-corrected chi connectivity index (χ3v) is 3.36. The second-order valence-electron chi connectivity index (χ2n) is 3.17. The van der Waals surface area contributed by atoms with E-state index < -0.39 is 0 Å². The van der Waals surface area contributed by atoms with Crippen molar-refractivity contribution in [3.63, 3.8) is 0 Å². The molecule has 0 saturated carbocycles. The Labute approximate surface area is 92.0 Å². The molecule has 0 spiro atoms. The first-order valence-electron chi connectivity index (χ1n) is 4.71. The van der Waals surface area contributed by atoms with E-state index in [1.165, 1.54) is 0 Å². The number of nitrogens with zero attached hydrogens (tertiary/aromatic N) is 2. The molecule has 0 fully saturated rings. The van der Waals surface area contributed by atoms with Crippen molar-refractivity contribution < 1.29 is 0 Å². The summed E-state index contributed by atoms with van der Waals surface area (Å²) in [6.45, 7) is 2.16. The highest BCUT2D eigenvalue weighted by Gasteiger charge is 2.06. The van der Waals surface area contributed by atoms with Crippen LogP contribution in [0, 0.1) is 0 Å². The van der Waals surface area contributed by atoms with E-state index in [-0.39, 0.29) is 0 Å². The molecule has 0 N–H and O–H groups in total. The lowest BCUT2D eigenvalue weighted by atomic mass is 10.2. The van der Waals surface area contributed by atoms with Gasteiger partial charge < -0.3 is 0 Å². The lowest BCUT2D eigenvalue weighted by Crippen LogP contribution is -1.94. The fourth-order valence-corrected chi connectivity index (χ4v) is 2.36. The third-order valence-electron chi connectivity index (χ3n) is 2.06. The monoisotopic (exact) mass is 226 g/mol. The minimum absolute atomic E-state index is 0.594. The zero-order chi connectivity index (χ0) is 9.97. The molecule has 0 bridgehead atoms. The molecule has 0 aromatic carbocycles. The SMILES string of the molecule is CCCCc1nc(Cl)c2sccc2n1. The minimum atomic E-state index is 0.594. The average molecular weight is 227 g/mol. The van der Waals surface area contributed by atoms with Crippen molar-refractivity contribution in [2.75, 3.05) is 0 Å². The summed E-state index contributed by atoms with van der Waals surface area (Å²) in [5, 5.41) is 2.59. The van der Waals surface area contributed by atoms with E-state index in [1.54, 1.807) is 11.3 Å². The molecule has 0 unspecified atom stereocenters. The fraction of sp³-hybridized carbons (Fsp3) is 0.400. The van der Waals surface area contributed by atoms with Crippen LogP contribution >= 0.6 is 22.9 Å². The van der Waals surface area contributed by atoms with Gasteiger partial charge in [-0.1, -0.05) is 24.9 Å². The van der Waals surface area contributed by atoms with Gasteiger partial charge in [0.2, 0.25) is 0 Å². The maximum atomic E-state index is 6.04. The quantitative estimate of drug-likeness (QED) is 0.746. The predicted octanol–water partition coefficient (Wildman–Crippen LogP) is 3.69. The summed E-state index contributed by atoms with van der Waals surface area (Å²) in [5.74, 6) is 0.864. The zero-order valence-corrected chi connectivity index (χ0v) is 9.53. The number of aryl methyl sites for hydroxylation is 1. The summed E-state index contributed by atoms with van der Waals surface area (Å²) in [7, 11) is 0. The number of halogens is 1. The van der Waals surface area contributed by atoms with Gasteiger partial charge in [-0.15, -0.1) is 11.3 Å². The van der Waals surface area contributed by atoms with Crippen LogP contribution in [-0.2, 0) is 6.42 Å². The number of hydrogen-bond donors (Lipinski definition) is 0. The minimum Gasteiger partial charge on any atom is -0.232 e. The van der Waals surface area contributed by atoms with Gasteiger partial charge in [-0.3, -0.25) is 0 Å². The maximum absolute atomic E-state index is 6.04. The molecule has 2 aromatic heterocycles. The Morgan fingerprint density at radius 2 is 2.29 bits per heavy atom. The molecular weight excluding hydrogens is 216 g/mol. The first kappa shape index (κ1) is 9.87. The highest BCUT2D eigenvalue weighted by molar-refractivity contribution is 7.17. The standard InChI is InChI=1S/C10H11ClN2S/c1-2-3-4-8-12-7-5-6-14-9(7)10(11)13-8/h5-6H,2-4H2,1H3. The second kappa shape index (κ2) is 4.24.